The quantitative estimate of drug-likeness (QED) is 0.425. The highest BCUT2D eigenvalue weighted by Crippen LogP contribution is 2.41. The zero-order valence-electron chi connectivity index (χ0n) is 21.6. The molecule has 3 aliphatic rings. The second kappa shape index (κ2) is 10.0. The molecule has 3 N–H and O–H groups in total. The maximum Gasteiger partial charge on any atom is 0.259 e. The molecule has 2 aliphatic heterocycles. The van der Waals surface area contributed by atoms with E-state index < -0.39 is 11.5 Å². The van der Waals surface area contributed by atoms with Crippen LogP contribution in [-0.4, -0.2) is 52.0 Å². The van der Waals surface area contributed by atoms with Crippen molar-refractivity contribution in [3.05, 3.63) is 90.1 Å². The monoisotopic (exact) mass is 522 g/mol. The largest absolute Gasteiger partial charge is 0.457 e. The van der Waals surface area contributed by atoms with E-state index in [9.17, 15) is 14.7 Å². The minimum absolute atomic E-state index is 0.0269. The Hall–Kier alpha value is -4.43. The van der Waals surface area contributed by atoms with Crippen LogP contribution in [0.5, 0.6) is 11.5 Å². The molecule has 39 heavy (non-hydrogen) atoms. The maximum atomic E-state index is 12.9. The third kappa shape index (κ3) is 5.28. The average molecular weight is 523 g/mol. The van der Waals surface area contributed by atoms with Gasteiger partial charge >= 0.3 is 0 Å². The average Bonchev–Trinajstić information content (AvgIpc) is 3.49. The van der Waals surface area contributed by atoms with Crippen LogP contribution in [0.1, 0.15) is 24.5 Å². The molecule has 1 saturated heterocycles. The zero-order chi connectivity index (χ0) is 27.0. The lowest BCUT2D eigenvalue weighted by atomic mass is 9.98. The lowest BCUT2D eigenvalue weighted by molar-refractivity contribution is -0.131. The predicted octanol–water partition coefficient (Wildman–Crippen LogP) is 4.56. The summed E-state index contributed by atoms with van der Waals surface area (Å²) < 4.78 is 5.91. The number of anilines is 2. The van der Waals surface area contributed by atoms with Crippen molar-refractivity contribution in [2.45, 2.75) is 18.9 Å². The van der Waals surface area contributed by atoms with Crippen molar-refractivity contribution in [3.63, 3.8) is 0 Å². The number of aliphatic hydroxyl groups is 1. The Morgan fingerprint density at radius 1 is 1.13 bits per heavy atom. The van der Waals surface area contributed by atoms with Gasteiger partial charge in [0.1, 0.15) is 11.5 Å². The van der Waals surface area contributed by atoms with Gasteiger partial charge in [-0.25, -0.2) is 4.98 Å². The maximum absolute atomic E-state index is 12.9. The van der Waals surface area contributed by atoms with Crippen LogP contribution in [0.4, 0.5) is 11.5 Å². The first-order valence-electron chi connectivity index (χ1n) is 13.1. The van der Waals surface area contributed by atoms with Crippen LogP contribution in [0, 0.1) is 11.8 Å². The van der Waals surface area contributed by atoms with Crippen molar-refractivity contribution < 1.29 is 19.4 Å². The van der Waals surface area contributed by atoms with Gasteiger partial charge in [-0.15, -0.1) is 0 Å². The Morgan fingerprint density at radius 3 is 2.67 bits per heavy atom. The van der Waals surface area contributed by atoms with Crippen molar-refractivity contribution in [1.82, 2.24) is 9.88 Å². The normalized spacial score (nSPS) is 23.9. The van der Waals surface area contributed by atoms with Crippen LogP contribution in [0.2, 0.25) is 0 Å². The fraction of sp³-hybridized carbons (Fsp3) is 0.258. The molecule has 3 atom stereocenters. The van der Waals surface area contributed by atoms with E-state index in [-0.39, 0.29) is 12.5 Å². The fourth-order valence-corrected chi connectivity index (χ4v) is 5.34. The molecule has 0 radical (unpaired) electrons. The molecule has 0 saturated carbocycles. The van der Waals surface area contributed by atoms with Crippen LogP contribution in [0.15, 0.2) is 79.0 Å². The molecule has 2 aromatic carbocycles. The highest BCUT2D eigenvalue weighted by Gasteiger charge is 2.38. The standard InChI is InChI=1S/C31H30N4O4/c1-31(38)19-33-27-13-20(16-32-29(27)34-30(31)37)7-12-28(36)35-17-23-14-22(15-24(23)18-35)21-8-10-26(11-9-21)39-25-5-3-2-4-6-25/h2-14,16,23-24,33,38H,15,17-19H2,1H3,(H,32,34,37)/b12-7+/t23-,24+,31+/m0/s1. The number of rotatable bonds is 5. The number of amides is 2. The van der Waals surface area contributed by atoms with Crippen molar-refractivity contribution in [3.8, 4) is 11.5 Å². The molecular formula is C31H30N4O4. The van der Waals surface area contributed by atoms with Crippen LogP contribution < -0.4 is 15.4 Å². The van der Waals surface area contributed by atoms with Crippen LogP contribution in [0.25, 0.3) is 11.6 Å². The second-order valence-electron chi connectivity index (χ2n) is 10.6. The molecule has 2 amide bonds. The van der Waals surface area contributed by atoms with Gasteiger partial charge in [0.25, 0.3) is 5.91 Å². The summed E-state index contributed by atoms with van der Waals surface area (Å²) in [5, 5.41) is 15.9. The molecule has 8 nitrogen and oxygen atoms in total. The number of aromatic nitrogens is 1. The van der Waals surface area contributed by atoms with Gasteiger partial charge in [0.2, 0.25) is 5.91 Å². The van der Waals surface area contributed by atoms with Crippen LogP contribution in [-0.2, 0) is 9.59 Å². The summed E-state index contributed by atoms with van der Waals surface area (Å²) in [7, 11) is 0. The van der Waals surface area contributed by atoms with Crippen molar-refractivity contribution in [1.29, 1.82) is 0 Å². The Bertz CT molecular complexity index is 1460. The van der Waals surface area contributed by atoms with Crippen molar-refractivity contribution in [2.24, 2.45) is 11.8 Å². The summed E-state index contributed by atoms with van der Waals surface area (Å²) in [5.41, 5.74) is 2.32. The lowest BCUT2D eigenvalue weighted by Crippen LogP contribution is -2.43. The van der Waals surface area contributed by atoms with E-state index in [0.717, 1.165) is 30.0 Å². The van der Waals surface area contributed by atoms with Crippen molar-refractivity contribution in [2.75, 3.05) is 30.3 Å². The number of pyridine rings is 1. The summed E-state index contributed by atoms with van der Waals surface area (Å²) in [6, 6.07) is 19.8. The number of carbonyl (C=O) groups excluding carboxylic acids is 2. The first-order valence-corrected chi connectivity index (χ1v) is 13.1. The lowest BCUT2D eigenvalue weighted by Gasteiger charge is -2.18. The first-order chi connectivity index (χ1) is 18.8. The second-order valence-corrected chi connectivity index (χ2v) is 10.6. The minimum atomic E-state index is -1.53. The summed E-state index contributed by atoms with van der Waals surface area (Å²) >= 11 is 0. The third-order valence-corrected chi connectivity index (χ3v) is 7.58. The molecule has 0 spiro atoms. The van der Waals surface area contributed by atoms with Gasteiger partial charge in [-0.05, 0) is 78.3 Å². The Morgan fingerprint density at radius 2 is 1.90 bits per heavy atom. The first kappa shape index (κ1) is 24.9. The van der Waals surface area contributed by atoms with Crippen LogP contribution >= 0.6 is 0 Å². The van der Waals surface area contributed by atoms with E-state index in [0.29, 0.717) is 29.9 Å². The highest BCUT2D eigenvalue weighted by molar-refractivity contribution is 6.00. The highest BCUT2D eigenvalue weighted by atomic mass is 16.5. The van der Waals surface area contributed by atoms with Gasteiger partial charge in [0, 0.05) is 25.4 Å². The topological polar surface area (TPSA) is 104 Å². The summed E-state index contributed by atoms with van der Waals surface area (Å²) in [6.07, 6.45) is 8.17. The molecule has 1 aliphatic carbocycles. The smallest absolute Gasteiger partial charge is 0.259 e. The number of carbonyl (C=O) groups is 2. The Labute approximate surface area is 227 Å². The molecule has 6 rings (SSSR count). The summed E-state index contributed by atoms with van der Waals surface area (Å²) in [5.74, 6) is 2.22. The molecule has 3 heterocycles. The molecule has 198 valence electrons. The number of β-amino-alcohol motifs (C(OH)–C–C–N with tert-alkyl or cyclic N) is 1. The Kier molecular flexibility index (Phi) is 6.40. The zero-order valence-corrected chi connectivity index (χ0v) is 21.6. The number of fused-ring (bicyclic) bond motifs is 2. The number of nitrogens with zero attached hydrogens (tertiary/aromatic N) is 2. The molecule has 1 fully saturated rings. The molecule has 1 aromatic heterocycles. The number of nitrogens with one attached hydrogen (secondary N) is 2. The van der Waals surface area contributed by atoms with Gasteiger partial charge < -0.3 is 25.4 Å². The molecular weight excluding hydrogens is 492 g/mol. The number of hydrogen-bond acceptors (Lipinski definition) is 6. The van der Waals surface area contributed by atoms with E-state index >= 15 is 0 Å². The van der Waals surface area contributed by atoms with E-state index in [1.165, 1.54) is 18.1 Å². The van der Waals surface area contributed by atoms with E-state index in [4.69, 9.17) is 4.74 Å². The van der Waals surface area contributed by atoms with E-state index in [2.05, 4.69) is 33.8 Å². The van der Waals surface area contributed by atoms with Gasteiger partial charge in [-0.3, -0.25) is 9.59 Å². The number of allylic oxidation sites excluding steroid dienone is 1. The van der Waals surface area contributed by atoms with E-state index in [1.54, 1.807) is 24.4 Å². The number of benzene rings is 2. The fourth-order valence-electron chi connectivity index (χ4n) is 5.34. The number of para-hydroxylation sites is 1. The van der Waals surface area contributed by atoms with Crippen molar-refractivity contribution >= 4 is 35.0 Å². The van der Waals surface area contributed by atoms with Gasteiger partial charge in [-0.1, -0.05) is 36.4 Å². The molecule has 0 bridgehead atoms. The number of likely N-dealkylation sites (tertiary alicyclic amines) is 1. The SMILES string of the molecule is C[C@@]1(O)CNc2cc(/C=C/C(=O)N3C[C@H]4CC(c5ccc(Oc6ccccc6)cc5)=C[C@H]4C3)cnc2NC1=O. The minimum Gasteiger partial charge on any atom is -0.457 e. The van der Waals surface area contributed by atoms with Gasteiger partial charge in [0.15, 0.2) is 11.4 Å². The van der Waals surface area contributed by atoms with E-state index in [1.807, 2.05) is 47.4 Å². The predicted molar refractivity (Wildman–Crippen MR) is 150 cm³/mol. The van der Waals surface area contributed by atoms with Gasteiger partial charge in [-0.2, -0.15) is 0 Å². The Balaban J connectivity index is 1.06. The van der Waals surface area contributed by atoms with Crippen LogP contribution in [0.3, 0.4) is 0 Å². The molecule has 3 aromatic rings. The number of ether oxygens (including phenoxy) is 1. The summed E-state index contributed by atoms with van der Waals surface area (Å²) in [4.78, 5) is 31.2. The third-order valence-electron chi connectivity index (χ3n) is 7.58. The summed E-state index contributed by atoms with van der Waals surface area (Å²) in [6.45, 7) is 2.95. The molecule has 0 unspecified atom stereocenters. The molecule has 8 heteroatoms. The van der Waals surface area contributed by atoms with Gasteiger partial charge in [0.05, 0.1) is 12.2 Å². The number of hydrogen-bond donors (Lipinski definition) is 3.